The Morgan fingerprint density at radius 1 is 1.48 bits per heavy atom. The number of hydrogen-bond donors (Lipinski definition) is 1. The molecule has 0 bridgehead atoms. The maximum atomic E-state index is 9.37. The van der Waals surface area contributed by atoms with E-state index in [-0.39, 0.29) is 12.5 Å². The summed E-state index contributed by atoms with van der Waals surface area (Å²) in [5, 5.41) is 15.7. The number of benzene rings is 1. The van der Waals surface area contributed by atoms with Crippen molar-refractivity contribution in [3.63, 3.8) is 0 Å². The van der Waals surface area contributed by atoms with Crippen LogP contribution in [0.4, 0.5) is 0 Å². The minimum absolute atomic E-state index is 0.153. The minimum atomic E-state index is 0.153. The summed E-state index contributed by atoms with van der Waals surface area (Å²) in [5.74, 6) is 0.165. The molecule has 1 aliphatic rings. The fourth-order valence-corrected chi connectivity index (χ4v) is 3.16. The standard InChI is InChI=1S/C15H20ClN3O2/c1-18-14-4-2-3-12(16)15(14)13(17-18)8-19-5-6-21-10-11(7-19)9-20/h2-4,11,20H,5-10H2,1H3. The third-order valence-electron chi connectivity index (χ3n) is 3.95. The Balaban J connectivity index is 1.87. The molecule has 2 aromatic rings. The van der Waals surface area contributed by atoms with Crippen LogP contribution in [0.2, 0.25) is 5.02 Å². The van der Waals surface area contributed by atoms with Gasteiger partial charge in [-0.05, 0) is 12.1 Å². The molecule has 6 heteroatoms. The second-order valence-corrected chi connectivity index (χ2v) is 5.97. The number of aliphatic hydroxyl groups excluding tert-OH is 1. The Kier molecular flexibility index (Phi) is 4.45. The highest BCUT2D eigenvalue weighted by Gasteiger charge is 2.20. The minimum Gasteiger partial charge on any atom is -0.396 e. The van der Waals surface area contributed by atoms with E-state index in [1.807, 2.05) is 29.9 Å². The molecule has 0 saturated carbocycles. The molecule has 1 aromatic carbocycles. The average molecular weight is 310 g/mol. The number of fused-ring (bicyclic) bond motifs is 1. The lowest BCUT2D eigenvalue weighted by Gasteiger charge is -2.21. The summed E-state index contributed by atoms with van der Waals surface area (Å²) in [6.45, 7) is 3.85. The van der Waals surface area contributed by atoms with Crippen LogP contribution in [-0.2, 0) is 18.3 Å². The number of aryl methyl sites for hydroxylation is 1. The van der Waals surface area contributed by atoms with Crippen LogP contribution in [0, 0.1) is 5.92 Å². The molecule has 0 aliphatic carbocycles. The highest BCUT2D eigenvalue weighted by Crippen LogP contribution is 2.27. The first-order valence-electron chi connectivity index (χ1n) is 7.20. The van der Waals surface area contributed by atoms with Gasteiger partial charge in [0.25, 0.3) is 0 Å². The van der Waals surface area contributed by atoms with E-state index in [0.717, 1.165) is 41.3 Å². The van der Waals surface area contributed by atoms with Crippen LogP contribution in [0.5, 0.6) is 0 Å². The van der Waals surface area contributed by atoms with Crippen molar-refractivity contribution in [3.05, 3.63) is 28.9 Å². The lowest BCUT2D eigenvalue weighted by Crippen LogP contribution is -2.31. The lowest BCUT2D eigenvalue weighted by atomic mass is 10.1. The first kappa shape index (κ1) is 14.8. The van der Waals surface area contributed by atoms with E-state index in [2.05, 4.69) is 10.00 Å². The molecule has 1 aromatic heterocycles. The van der Waals surface area contributed by atoms with Crippen LogP contribution in [-0.4, -0.2) is 52.7 Å². The van der Waals surface area contributed by atoms with Crippen molar-refractivity contribution < 1.29 is 9.84 Å². The zero-order valence-electron chi connectivity index (χ0n) is 12.1. The maximum absolute atomic E-state index is 9.37. The van der Waals surface area contributed by atoms with Gasteiger partial charge in [-0.2, -0.15) is 5.10 Å². The van der Waals surface area contributed by atoms with E-state index in [0.29, 0.717) is 13.2 Å². The molecular formula is C15H20ClN3O2. The van der Waals surface area contributed by atoms with Gasteiger partial charge in [-0.3, -0.25) is 9.58 Å². The zero-order valence-corrected chi connectivity index (χ0v) is 12.9. The first-order valence-corrected chi connectivity index (χ1v) is 7.58. The fraction of sp³-hybridized carbons (Fsp3) is 0.533. The number of rotatable bonds is 3. The highest BCUT2D eigenvalue weighted by molar-refractivity contribution is 6.35. The van der Waals surface area contributed by atoms with Crippen LogP contribution in [0.25, 0.3) is 10.9 Å². The van der Waals surface area contributed by atoms with Gasteiger partial charge in [-0.1, -0.05) is 17.7 Å². The average Bonchev–Trinajstić information content (AvgIpc) is 2.66. The Morgan fingerprint density at radius 2 is 2.33 bits per heavy atom. The Bertz CT molecular complexity index is 629. The topological polar surface area (TPSA) is 50.5 Å². The molecule has 1 N–H and O–H groups in total. The SMILES string of the molecule is Cn1nc(CN2CCOCC(CO)C2)c2c(Cl)cccc21. The fourth-order valence-electron chi connectivity index (χ4n) is 2.88. The predicted molar refractivity (Wildman–Crippen MR) is 82.4 cm³/mol. The van der Waals surface area contributed by atoms with Crippen molar-refractivity contribution in [2.24, 2.45) is 13.0 Å². The summed E-state index contributed by atoms with van der Waals surface area (Å²) in [7, 11) is 1.93. The summed E-state index contributed by atoms with van der Waals surface area (Å²) in [6.07, 6.45) is 0. The van der Waals surface area contributed by atoms with E-state index in [1.54, 1.807) is 0 Å². The monoisotopic (exact) mass is 309 g/mol. The van der Waals surface area contributed by atoms with Crippen LogP contribution in [0.3, 0.4) is 0 Å². The molecule has 2 heterocycles. The molecule has 1 aliphatic heterocycles. The molecule has 5 nitrogen and oxygen atoms in total. The van der Waals surface area contributed by atoms with Gasteiger partial charge < -0.3 is 9.84 Å². The molecule has 21 heavy (non-hydrogen) atoms. The van der Waals surface area contributed by atoms with Crippen molar-refractivity contribution in [1.29, 1.82) is 0 Å². The number of hydrogen-bond acceptors (Lipinski definition) is 4. The maximum Gasteiger partial charge on any atom is 0.0858 e. The molecule has 1 saturated heterocycles. The third kappa shape index (κ3) is 3.06. The molecular weight excluding hydrogens is 290 g/mol. The van der Waals surface area contributed by atoms with Crippen LogP contribution >= 0.6 is 11.6 Å². The van der Waals surface area contributed by atoms with Crippen LogP contribution < -0.4 is 0 Å². The number of aliphatic hydroxyl groups is 1. The van der Waals surface area contributed by atoms with Gasteiger partial charge >= 0.3 is 0 Å². The number of ether oxygens (including phenoxy) is 1. The summed E-state index contributed by atoms with van der Waals surface area (Å²) in [5.41, 5.74) is 2.03. The predicted octanol–water partition coefficient (Wildman–Crippen LogP) is 1.67. The smallest absolute Gasteiger partial charge is 0.0858 e. The zero-order chi connectivity index (χ0) is 14.8. The summed E-state index contributed by atoms with van der Waals surface area (Å²) in [6, 6.07) is 5.87. The third-order valence-corrected chi connectivity index (χ3v) is 4.27. The van der Waals surface area contributed by atoms with Crippen molar-refractivity contribution in [2.75, 3.05) is 32.9 Å². The van der Waals surface area contributed by atoms with E-state index in [9.17, 15) is 5.11 Å². The molecule has 3 rings (SSSR count). The molecule has 1 fully saturated rings. The van der Waals surface area contributed by atoms with Crippen molar-refractivity contribution in [3.8, 4) is 0 Å². The van der Waals surface area contributed by atoms with Gasteiger partial charge in [-0.25, -0.2) is 0 Å². The van der Waals surface area contributed by atoms with Gasteiger partial charge in [0.2, 0.25) is 0 Å². The Morgan fingerprint density at radius 3 is 3.14 bits per heavy atom. The summed E-state index contributed by atoms with van der Waals surface area (Å²) < 4.78 is 7.40. The van der Waals surface area contributed by atoms with Crippen molar-refractivity contribution in [2.45, 2.75) is 6.54 Å². The molecule has 0 radical (unpaired) electrons. The Hall–Kier alpha value is -1.14. The van der Waals surface area contributed by atoms with Crippen molar-refractivity contribution >= 4 is 22.5 Å². The van der Waals surface area contributed by atoms with Gasteiger partial charge in [0.05, 0.1) is 29.4 Å². The molecule has 1 atom stereocenters. The second kappa shape index (κ2) is 6.32. The van der Waals surface area contributed by atoms with Crippen LogP contribution in [0.15, 0.2) is 18.2 Å². The summed E-state index contributed by atoms with van der Waals surface area (Å²) in [4.78, 5) is 2.28. The largest absolute Gasteiger partial charge is 0.396 e. The highest BCUT2D eigenvalue weighted by atomic mass is 35.5. The van der Waals surface area contributed by atoms with E-state index >= 15 is 0 Å². The normalized spacial score (nSPS) is 20.8. The van der Waals surface area contributed by atoms with E-state index in [4.69, 9.17) is 16.3 Å². The molecule has 114 valence electrons. The molecule has 1 unspecified atom stereocenters. The number of halogens is 1. The summed E-state index contributed by atoms with van der Waals surface area (Å²) >= 11 is 6.34. The molecule has 0 spiro atoms. The molecule has 0 amide bonds. The van der Waals surface area contributed by atoms with E-state index in [1.165, 1.54) is 0 Å². The van der Waals surface area contributed by atoms with Crippen LogP contribution in [0.1, 0.15) is 5.69 Å². The van der Waals surface area contributed by atoms with Gasteiger partial charge in [-0.15, -0.1) is 0 Å². The second-order valence-electron chi connectivity index (χ2n) is 5.56. The van der Waals surface area contributed by atoms with Gasteiger partial charge in [0.1, 0.15) is 0 Å². The number of nitrogens with zero attached hydrogens (tertiary/aromatic N) is 3. The van der Waals surface area contributed by atoms with E-state index < -0.39 is 0 Å². The Labute approximate surface area is 129 Å². The van der Waals surface area contributed by atoms with Gasteiger partial charge in [0.15, 0.2) is 0 Å². The number of aromatic nitrogens is 2. The lowest BCUT2D eigenvalue weighted by molar-refractivity contribution is 0.0958. The first-order chi connectivity index (χ1) is 10.2. The quantitative estimate of drug-likeness (QED) is 0.937. The van der Waals surface area contributed by atoms with Crippen molar-refractivity contribution in [1.82, 2.24) is 14.7 Å². The van der Waals surface area contributed by atoms with Gasteiger partial charge in [0, 0.05) is 44.6 Å².